The standard InChI is InChI=1S/C15H21ClN2O/c1-3-11-7-8-18(10-11)15(19)13-9-12(16)5-6-14(13)17-4-2/h5-6,9,11,17H,3-4,7-8,10H2,1-2H3. The van der Waals surface area contributed by atoms with Crippen molar-refractivity contribution in [3.8, 4) is 0 Å². The fraction of sp³-hybridized carbons (Fsp3) is 0.533. The summed E-state index contributed by atoms with van der Waals surface area (Å²) in [6, 6.07) is 5.46. The SMILES string of the molecule is CCNc1ccc(Cl)cc1C(=O)N1CCC(CC)C1. The molecule has 0 bridgehead atoms. The third-order valence-electron chi connectivity index (χ3n) is 3.73. The number of hydrogen-bond acceptors (Lipinski definition) is 2. The van der Waals surface area contributed by atoms with E-state index in [1.54, 1.807) is 6.07 Å². The zero-order valence-electron chi connectivity index (χ0n) is 11.6. The van der Waals surface area contributed by atoms with Gasteiger partial charge in [-0.1, -0.05) is 24.9 Å². The second-order valence-electron chi connectivity index (χ2n) is 5.03. The molecule has 3 nitrogen and oxygen atoms in total. The van der Waals surface area contributed by atoms with E-state index in [-0.39, 0.29) is 5.91 Å². The van der Waals surface area contributed by atoms with Crippen LogP contribution in [0.4, 0.5) is 5.69 Å². The third-order valence-corrected chi connectivity index (χ3v) is 3.96. The van der Waals surface area contributed by atoms with Crippen LogP contribution in [0.15, 0.2) is 18.2 Å². The smallest absolute Gasteiger partial charge is 0.256 e. The van der Waals surface area contributed by atoms with Gasteiger partial charge in [0.25, 0.3) is 5.91 Å². The van der Waals surface area contributed by atoms with Gasteiger partial charge in [0.1, 0.15) is 0 Å². The highest BCUT2D eigenvalue weighted by atomic mass is 35.5. The van der Waals surface area contributed by atoms with E-state index in [9.17, 15) is 4.79 Å². The zero-order valence-corrected chi connectivity index (χ0v) is 12.3. The molecule has 0 aromatic heterocycles. The lowest BCUT2D eigenvalue weighted by Gasteiger charge is -2.19. The maximum atomic E-state index is 12.6. The fourth-order valence-electron chi connectivity index (χ4n) is 2.56. The summed E-state index contributed by atoms with van der Waals surface area (Å²) < 4.78 is 0. The van der Waals surface area contributed by atoms with Crippen LogP contribution < -0.4 is 5.32 Å². The Morgan fingerprint density at radius 1 is 1.47 bits per heavy atom. The Morgan fingerprint density at radius 3 is 2.89 bits per heavy atom. The summed E-state index contributed by atoms with van der Waals surface area (Å²) in [4.78, 5) is 14.5. The third kappa shape index (κ3) is 3.21. The molecule has 104 valence electrons. The number of nitrogens with one attached hydrogen (secondary N) is 1. The van der Waals surface area contributed by atoms with E-state index in [0.717, 1.165) is 38.2 Å². The number of hydrogen-bond donors (Lipinski definition) is 1. The van der Waals surface area contributed by atoms with Gasteiger partial charge in [-0.3, -0.25) is 4.79 Å². The van der Waals surface area contributed by atoms with Crippen LogP contribution in [0.2, 0.25) is 5.02 Å². The highest BCUT2D eigenvalue weighted by Crippen LogP contribution is 2.26. The molecule has 1 heterocycles. The molecule has 1 aromatic rings. The predicted molar refractivity (Wildman–Crippen MR) is 79.9 cm³/mol. The van der Waals surface area contributed by atoms with Gasteiger partial charge >= 0.3 is 0 Å². The molecule has 1 saturated heterocycles. The van der Waals surface area contributed by atoms with Crippen LogP contribution in [-0.4, -0.2) is 30.4 Å². The first-order valence-electron chi connectivity index (χ1n) is 6.98. The van der Waals surface area contributed by atoms with E-state index < -0.39 is 0 Å². The van der Waals surface area contributed by atoms with Gasteiger partial charge in [0.15, 0.2) is 0 Å². The molecule has 1 N–H and O–H groups in total. The number of amides is 1. The van der Waals surface area contributed by atoms with Crippen LogP contribution in [0.3, 0.4) is 0 Å². The minimum atomic E-state index is 0.0920. The number of carbonyl (C=O) groups is 1. The molecule has 0 radical (unpaired) electrons. The van der Waals surface area contributed by atoms with Gasteiger partial charge in [-0.25, -0.2) is 0 Å². The van der Waals surface area contributed by atoms with Crippen LogP contribution in [-0.2, 0) is 0 Å². The van der Waals surface area contributed by atoms with Crippen molar-refractivity contribution in [3.05, 3.63) is 28.8 Å². The van der Waals surface area contributed by atoms with Gasteiger partial charge in [0.05, 0.1) is 5.56 Å². The molecule has 0 spiro atoms. The largest absolute Gasteiger partial charge is 0.385 e. The Balaban J connectivity index is 2.20. The summed E-state index contributed by atoms with van der Waals surface area (Å²) in [5, 5.41) is 3.83. The second-order valence-corrected chi connectivity index (χ2v) is 5.47. The summed E-state index contributed by atoms with van der Waals surface area (Å²) in [6.07, 6.45) is 2.25. The maximum Gasteiger partial charge on any atom is 0.256 e. The van der Waals surface area contributed by atoms with Crippen molar-refractivity contribution in [1.29, 1.82) is 0 Å². The lowest BCUT2D eigenvalue weighted by atomic mass is 10.1. The molecule has 1 unspecified atom stereocenters. The first kappa shape index (κ1) is 14.2. The average Bonchev–Trinajstić information content (AvgIpc) is 2.89. The number of nitrogens with zero attached hydrogens (tertiary/aromatic N) is 1. The monoisotopic (exact) mass is 280 g/mol. The van der Waals surface area contributed by atoms with Gasteiger partial charge < -0.3 is 10.2 Å². The molecule has 1 fully saturated rings. The lowest BCUT2D eigenvalue weighted by molar-refractivity contribution is 0.0788. The van der Waals surface area contributed by atoms with Crippen molar-refractivity contribution in [2.75, 3.05) is 25.0 Å². The van der Waals surface area contributed by atoms with Gasteiger partial charge in [0.2, 0.25) is 0 Å². The summed E-state index contributed by atoms with van der Waals surface area (Å²) >= 11 is 6.03. The topological polar surface area (TPSA) is 32.3 Å². The number of halogens is 1. The number of rotatable bonds is 4. The van der Waals surface area contributed by atoms with E-state index >= 15 is 0 Å². The highest BCUT2D eigenvalue weighted by molar-refractivity contribution is 6.31. The molecule has 1 aromatic carbocycles. The van der Waals surface area contributed by atoms with Crippen LogP contribution in [0.5, 0.6) is 0 Å². The molecule has 2 rings (SSSR count). The molecule has 1 amide bonds. The first-order chi connectivity index (χ1) is 9.15. The Hall–Kier alpha value is -1.22. The summed E-state index contributed by atoms with van der Waals surface area (Å²) in [5.41, 5.74) is 1.56. The van der Waals surface area contributed by atoms with Gasteiger partial charge in [-0.15, -0.1) is 0 Å². The minimum absolute atomic E-state index is 0.0920. The molecule has 0 saturated carbocycles. The molecule has 0 aliphatic carbocycles. The van der Waals surface area contributed by atoms with Crippen LogP contribution >= 0.6 is 11.6 Å². The number of anilines is 1. The van der Waals surface area contributed by atoms with E-state index in [1.165, 1.54) is 0 Å². The second kappa shape index (κ2) is 6.29. The molecule has 4 heteroatoms. The minimum Gasteiger partial charge on any atom is -0.385 e. The summed E-state index contributed by atoms with van der Waals surface area (Å²) in [6.45, 7) is 6.72. The quantitative estimate of drug-likeness (QED) is 0.913. The van der Waals surface area contributed by atoms with Crippen LogP contribution in [0.25, 0.3) is 0 Å². The van der Waals surface area contributed by atoms with Crippen molar-refractivity contribution >= 4 is 23.2 Å². The maximum absolute atomic E-state index is 12.6. The first-order valence-corrected chi connectivity index (χ1v) is 7.36. The average molecular weight is 281 g/mol. The number of likely N-dealkylation sites (tertiary alicyclic amines) is 1. The molecule has 19 heavy (non-hydrogen) atoms. The van der Waals surface area contributed by atoms with Crippen molar-refractivity contribution in [1.82, 2.24) is 4.90 Å². The van der Waals surface area contributed by atoms with Gasteiger partial charge in [-0.05, 0) is 37.5 Å². The van der Waals surface area contributed by atoms with E-state index in [1.807, 2.05) is 24.0 Å². The zero-order chi connectivity index (χ0) is 13.8. The summed E-state index contributed by atoms with van der Waals surface area (Å²) in [7, 11) is 0. The van der Waals surface area contributed by atoms with Gasteiger partial charge in [0, 0.05) is 30.3 Å². The van der Waals surface area contributed by atoms with Crippen molar-refractivity contribution in [3.63, 3.8) is 0 Å². The Morgan fingerprint density at radius 2 is 2.26 bits per heavy atom. The van der Waals surface area contributed by atoms with E-state index in [4.69, 9.17) is 11.6 Å². The van der Waals surface area contributed by atoms with Crippen LogP contribution in [0.1, 0.15) is 37.0 Å². The lowest BCUT2D eigenvalue weighted by Crippen LogP contribution is -2.29. The number of benzene rings is 1. The van der Waals surface area contributed by atoms with Crippen molar-refractivity contribution < 1.29 is 4.79 Å². The van der Waals surface area contributed by atoms with Gasteiger partial charge in [-0.2, -0.15) is 0 Å². The van der Waals surface area contributed by atoms with Crippen LogP contribution in [0, 0.1) is 5.92 Å². The van der Waals surface area contributed by atoms with Crippen molar-refractivity contribution in [2.45, 2.75) is 26.7 Å². The molecular weight excluding hydrogens is 260 g/mol. The Kier molecular flexibility index (Phi) is 4.70. The fourth-order valence-corrected chi connectivity index (χ4v) is 2.73. The normalized spacial score (nSPS) is 18.7. The molecular formula is C15H21ClN2O. The van der Waals surface area contributed by atoms with Crippen molar-refractivity contribution in [2.24, 2.45) is 5.92 Å². The Bertz CT molecular complexity index is 461. The molecule has 1 aliphatic heterocycles. The Labute approximate surface area is 119 Å². The number of carbonyl (C=O) groups excluding carboxylic acids is 1. The van der Waals surface area contributed by atoms with E-state index in [0.29, 0.717) is 16.5 Å². The predicted octanol–water partition coefficient (Wildman–Crippen LogP) is 3.64. The molecule has 1 atom stereocenters. The van der Waals surface area contributed by atoms with E-state index in [2.05, 4.69) is 12.2 Å². The highest BCUT2D eigenvalue weighted by Gasteiger charge is 2.27. The molecule has 1 aliphatic rings. The summed E-state index contributed by atoms with van der Waals surface area (Å²) in [5.74, 6) is 0.736.